The van der Waals surface area contributed by atoms with E-state index in [1.165, 1.54) is 18.2 Å². The molecule has 0 aliphatic carbocycles. The first kappa shape index (κ1) is 18.0. The summed E-state index contributed by atoms with van der Waals surface area (Å²) in [5.41, 5.74) is 0.727. The average Bonchev–Trinajstić information content (AvgIpc) is 2.53. The van der Waals surface area contributed by atoms with Crippen molar-refractivity contribution in [3.63, 3.8) is 0 Å². The summed E-state index contributed by atoms with van der Waals surface area (Å²) >= 11 is 5.68. The Kier molecular flexibility index (Phi) is 4.93. The van der Waals surface area contributed by atoms with Crippen molar-refractivity contribution in [3.05, 3.63) is 63.4 Å². The predicted octanol–water partition coefficient (Wildman–Crippen LogP) is 5.28. The van der Waals surface area contributed by atoms with Crippen molar-refractivity contribution in [1.29, 1.82) is 0 Å². The highest BCUT2D eigenvalue weighted by Crippen LogP contribution is 2.40. The first-order chi connectivity index (χ1) is 11.8. The summed E-state index contributed by atoms with van der Waals surface area (Å²) in [7, 11) is 0. The Balaban J connectivity index is 1.94. The lowest BCUT2D eigenvalue weighted by molar-refractivity contribution is -0.139. The van der Waals surface area contributed by atoms with Crippen molar-refractivity contribution in [1.82, 2.24) is 5.32 Å². The molecular formula is C18H16ClF4NO. The third-order valence-electron chi connectivity index (χ3n) is 4.26. The molecule has 2 aromatic rings. The van der Waals surface area contributed by atoms with E-state index in [2.05, 4.69) is 5.32 Å². The second-order valence-corrected chi connectivity index (χ2v) is 6.43. The van der Waals surface area contributed by atoms with Gasteiger partial charge in [0.2, 0.25) is 0 Å². The van der Waals surface area contributed by atoms with Crippen molar-refractivity contribution in [2.24, 2.45) is 0 Å². The van der Waals surface area contributed by atoms with Crippen LogP contribution in [0.5, 0.6) is 5.75 Å². The number of alkyl halides is 3. The maximum atomic E-state index is 13.8. The molecule has 7 heteroatoms. The lowest BCUT2D eigenvalue weighted by atomic mass is 9.92. The second-order valence-electron chi connectivity index (χ2n) is 6.00. The third-order valence-corrected chi connectivity index (χ3v) is 4.49. The number of rotatable bonds is 3. The molecule has 0 saturated heterocycles. The van der Waals surface area contributed by atoms with Crippen LogP contribution in [0.15, 0.2) is 30.3 Å². The van der Waals surface area contributed by atoms with Crippen LogP contribution in [-0.4, -0.2) is 6.54 Å². The fraction of sp³-hybridized carbons (Fsp3) is 0.333. The molecular weight excluding hydrogens is 358 g/mol. The molecule has 0 unspecified atom stereocenters. The highest BCUT2D eigenvalue weighted by molar-refractivity contribution is 6.30. The lowest BCUT2D eigenvalue weighted by Crippen LogP contribution is -2.28. The molecule has 134 valence electrons. The summed E-state index contributed by atoms with van der Waals surface area (Å²) in [6, 6.07) is 6.44. The van der Waals surface area contributed by atoms with Crippen molar-refractivity contribution in [2.45, 2.75) is 32.2 Å². The Morgan fingerprint density at radius 3 is 2.68 bits per heavy atom. The normalized spacial score (nSPS) is 17.3. The first-order valence-electron chi connectivity index (χ1n) is 7.80. The van der Waals surface area contributed by atoms with Crippen LogP contribution in [-0.2, 0) is 19.2 Å². The average molecular weight is 374 g/mol. The maximum absolute atomic E-state index is 13.8. The van der Waals surface area contributed by atoms with Gasteiger partial charge in [-0.1, -0.05) is 17.7 Å². The van der Waals surface area contributed by atoms with Crippen LogP contribution in [0.1, 0.15) is 35.2 Å². The van der Waals surface area contributed by atoms with E-state index in [1.54, 1.807) is 0 Å². The van der Waals surface area contributed by atoms with Gasteiger partial charge in [-0.25, -0.2) is 4.39 Å². The quantitative estimate of drug-likeness (QED) is 0.739. The molecule has 0 fully saturated rings. The van der Waals surface area contributed by atoms with E-state index in [1.807, 2.05) is 6.92 Å². The van der Waals surface area contributed by atoms with Gasteiger partial charge in [-0.2, -0.15) is 13.2 Å². The Bertz CT molecular complexity index is 791. The fourth-order valence-corrected chi connectivity index (χ4v) is 3.09. The standard InChI is InChI=1S/C18H16ClF4NO/c1-10-14-8-17(25-9-12-2-3-13(19)7-16(12)20)15(18(21,22)23)6-11(14)4-5-24-10/h2-3,6-8,10,24H,4-5,9H2,1H3/t10-/m0/s1. The van der Waals surface area contributed by atoms with Gasteiger partial charge in [-0.15, -0.1) is 0 Å². The van der Waals surface area contributed by atoms with Gasteiger partial charge >= 0.3 is 6.18 Å². The van der Waals surface area contributed by atoms with Gasteiger partial charge in [0.05, 0.1) is 5.56 Å². The number of fused-ring (bicyclic) bond motifs is 1. The molecule has 2 aromatic carbocycles. The Morgan fingerprint density at radius 1 is 1.24 bits per heavy atom. The number of nitrogens with one attached hydrogen (secondary N) is 1. The lowest BCUT2D eigenvalue weighted by Gasteiger charge is -2.26. The molecule has 2 nitrogen and oxygen atoms in total. The first-order valence-corrected chi connectivity index (χ1v) is 8.17. The Morgan fingerprint density at radius 2 is 2.00 bits per heavy atom. The molecule has 3 rings (SSSR count). The summed E-state index contributed by atoms with van der Waals surface area (Å²) in [5, 5.41) is 3.42. The Hall–Kier alpha value is -1.79. The van der Waals surface area contributed by atoms with E-state index in [9.17, 15) is 17.6 Å². The summed E-state index contributed by atoms with van der Waals surface area (Å²) in [5.74, 6) is -0.912. The van der Waals surface area contributed by atoms with Crippen LogP contribution in [0.3, 0.4) is 0 Å². The molecule has 1 heterocycles. The largest absolute Gasteiger partial charge is 0.488 e. The van der Waals surface area contributed by atoms with Gasteiger partial charge in [0.25, 0.3) is 0 Å². The minimum Gasteiger partial charge on any atom is -0.488 e. The fourth-order valence-electron chi connectivity index (χ4n) is 2.93. The zero-order chi connectivity index (χ0) is 18.2. The van der Waals surface area contributed by atoms with E-state index in [4.69, 9.17) is 16.3 Å². The van der Waals surface area contributed by atoms with Gasteiger partial charge < -0.3 is 10.1 Å². The monoisotopic (exact) mass is 373 g/mol. The summed E-state index contributed by atoms with van der Waals surface area (Å²) in [6.07, 6.45) is -4.02. The van der Waals surface area contributed by atoms with Gasteiger partial charge in [0.1, 0.15) is 18.2 Å². The molecule has 1 aliphatic rings. The van der Waals surface area contributed by atoms with Gasteiger partial charge in [0, 0.05) is 16.6 Å². The minimum atomic E-state index is -4.54. The topological polar surface area (TPSA) is 21.3 Å². The van der Waals surface area contributed by atoms with Crippen LogP contribution in [0.2, 0.25) is 5.02 Å². The highest BCUT2D eigenvalue weighted by Gasteiger charge is 2.36. The number of halogens is 5. The molecule has 0 spiro atoms. The SMILES string of the molecule is C[C@@H]1NCCc2cc(C(F)(F)F)c(OCc3ccc(Cl)cc3F)cc21. The molecule has 0 amide bonds. The van der Waals surface area contributed by atoms with Gasteiger partial charge in [0.15, 0.2) is 0 Å². The Labute approximate surface area is 147 Å². The summed E-state index contributed by atoms with van der Waals surface area (Å²) < 4.78 is 59.3. The molecule has 1 atom stereocenters. The van der Waals surface area contributed by atoms with Crippen molar-refractivity contribution in [3.8, 4) is 5.75 Å². The van der Waals surface area contributed by atoms with Crippen molar-refractivity contribution >= 4 is 11.6 Å². The van der Waals surface area contributed by atoms with Crippen LogP contribution in [0.25, 0.3) is 0 Å². The highest BCUT2D eigenvalue weighted by atomic mass is 35.5. The molecule has 25 heavy (non-hydrogen) atoms. The van der Waals surface area contributed by atoms with E-state index in [0.717, 1.165) is 17.7 Å². The summed E-state index contributed by atoms with van der Waals surface area (Å²) in [6.45, 7) is 2.20. The molecule has 1 N–H and O–H groups in total. The van der Waals surface area contributed by atoms with Crippen LogP contribution >= 0.6 is 11.6 Å². The van der Waals surface area contributed by atoms with Crippen molar-refractivity contribution in [2.75, 3.05) is 6.54 Å². The molecule has 0 bridgehead atoms. The molecule has 0 saturated carbocycles. The van der Waals surface area contributed by atoms with E-state index < -0.39 is 17.6 Å². The predicted molar refractivity (Wildman–Crippen MR) is 87.3 cm³/mol. The van der Waals surface area contributed by atoms with E-state index >= 15 is 0 Å². The van der Waals surface area contributed by atoms with E-state index in [-0.39, 0.29) is 29.0 Å². The van der Waals surface area contributed by atoms with Gasteiger partial charge in [-0.3, -0.25) is 0 Å². The smallest absolute Gasteiger partial charge is 0.419 e. The zero-order valence-corrected chi connectivity index (χ0v) is 14.1. The number of benzene rings is 2. The van der Waals surface area contributed by atoms with Crippen molar-refractivity contribution < 1.29 is 22.3 Å². The second kappa shape index (κ2) is 6.84. The molecule has 0 aromatic heterocycles. The van der Waals surface area contributed by atoms with Gasteiger partial charge in [-0.05, 0) is 55.3 Å². The molecule has 1 aliphatic heterocycles. The molecule has 0 radical (unpaired) electrons. The number of ether oxygens (including phenoxy) is 1. The van der Waals surface area contributed by atoms with Crippen LogP contribution in [0, 0.1) is 5.82 Å². The minimum absolute atomic E-state index is 0.0688. The zero-order valence-electron chi connectivity index (χ0n) is 13.4. The third kappa shape index (κ3) is 3.90. The van der Waals surface area contributed by atoms with E-state index in [0.29, 0.717) is 18.5 Å². The van der Waals surface area contributed by atoms with Crippen LogP contribution < -0.4 is 10.1 Å². The maximum Gasteiger partial charge on any atom is 0.419 e. The summed E-state index contributed by atoms with van der Waals surface area (Å²) in [4.78, 5) is 0. The number of hydrogen-bond donors (Lipinski definition) is 1. The number of hydrogen-bond acceptors (Lipinski definition) is 2. The van der Waals surface area contributed by atoms with Crippen LogP contribution in [0.4, 0.5) is 17.6 Å².